The van der Waals surface area contributed by atoms with Crippen LogP contribution in [0.4, 0.5) is 5.95 Å². The first-order chi connectivity index (χ1) is 12.5. The molecule has 0 fully saturated rings. The van der Waals surface area contributed by atoms with E-state index in [1.54, 1.807) is 12.5 Å². The van der Waals surface area contributed by atoms with Gasteiger partial charge in [0.1, 0.15) is 5.58 Å². The molecule has 1 aromatic carbocycles. The quantitative estimate of drug-likeness (QED) is 0.782. The fourth-order valence-electron chi connectivity index (χ4n) is 3.42. The highest BCUT2D eigenvalue weighted by atomic mass is 16.3. The fraction of sp³-hybridized carbons (Fsp3) is 0.350. The van der Waals surface area contributed by atoms with Gasteiger partial charge in [0, 0.05) is 43.4 Å². The monoisotopic (exact) mass is 350 g/mol. The summed E-state index contributed by atoms with van der Waals surface area (Å²) in [7, 11) is 0. The van der Waals surface area contributed by atoms with Crippen LogP contribution in [0, 0.1) is 0 Å². The standard InChI is InChI=1S/C20H22N4O2/c1-12(2)13-3-4-18-16(7-13)19(25)15(11-26-18)10-24-6-5-17-14(9-24)8-22-20(21)23-17/h3-4,7-8,11-12H,5-6,9-10H2,1-2H3,(H2,21,22,23). The van der Waals surface area contributed by atoms with Gasteiger partial charge in [-0.1, -0.05) is 19.9 Å². The Morgan fingerprint density at radius 1 is 1.35 bits per heavy atom. The first kappa shape index (κ1) is 16.7. The second-order valence-electron chi connectivity index (χ2n) is 7.16. The van der Waals surface area contributed by atoms with Crippen molar-refractivity contribution in [3.05, 3.63) is 63.3 Å². The van der Waals surface area contributed by atoms with E-state index in [1.165, 1.54) is 0 Å². The van der Waals surface area contributed by atoms with Crippen LogP contribution < -0.4 is 11.2 Å². The Bertz CT molecular complexity index is 1030. The average Bonchev–Trinajstić information content (AvgIpc) is 2.64. The molecule has 0 spiro atoms. The van der Waals surface area contributed by atoms with Crippen LogP contribution in [0.15, 0.2) is 39.9 Å². The van der Waals surface area contributed by atoms with E-state index in [2.05, 4.69) is 28.7 Å². The third kappa shape index (κ3) is 3.08. The molecule has 3 heterocycles. The summed E-state index contributed by atoms with van der Waals surface area (Å²) in [5, 5.41) is 0.655. The van der Waals surface area contributed by atoms with Crippen LogP contribution in [0.3, 0.4) is 0 Å². The summed E-state index contributed by atoms with van der Waals surface area (Å²) in [5.41, 5.74) is 10.2. The molecular weight excluding hydrogens is 328 g/mol. The van der Waals surface area contributed by atoms with Crippen molar-refractivity contribution in [2.24, 2.45) is 0 Å². The molecule has 0 saturated carbocycles. The average molecular weight is 350 g/mol. The summed E-state index contributed by atoms with van der Waals surface area (Å²) in [4.78, 5) is 23.5. The number of nitrogens with zero attached hydrogens (tertiary/aromatic N) is 3. The molecule has 0 saturated heterocycles. The third-order valence-electron chi connectivity index (χ3n) is 4.96. The zero-order valence-electron chi connectivity index (χ0n) is 15.0. The first-order valence-corrected chi connectivity index (χ1v) is 8.88. The highest BCUT2D eigenvalue weighted by Gasteiger charge is 2.20. The van der Waals surface area contributed by atoms with E-state index in [4.69, 9.17) is 10.2 Å². The lowest BCUT2D eigenvalue weighted by atomic mass is 10.0. The summed E-state index contributed by atoms with van der Waals surface area (Å²) in [6.45, 7) is 6.32. The van der Waals surface area contributed by atoms with Crippen LogP contribution in [-0.2, 0) is 19.5 Å². The topological polar surface area (TPSA) is 85.2 Å². The number of nitrogens with two attached hydrogens (primary N) is 1. The van der Waals surface area contributed by atoms with Crippen LogP contribution in [-0.4, -0.2) is 21.4 Å². The Morgan fingerprint density at radius 3 is 3.00 bits per heavy atom. The third-order valence-corrected chi connectivity index (χ3v) is 4.96. The number of nitrogen functional groups attached to an aromatic ring is 1. The Hall–Kier alpha value is -2.73. The molecule has 6 nitrogen and oxygen atoms in total. The van der Waals surface area contributed by atoms with E-state index >= 15 is 0 Å². The Kier molecular flexibility index (Phi) is 4.20. The van der Waals surface area contributed by atoms with Gasteiger partial charge in [0.15, 0.2) is 5.43 Å². The molecule has 0 amide bonds. The zero-order valence-corrected chi connectivity index (χ0v) is 15.0. The minimum absolute atomic E-state index is 0.0492. The van der Waals surface area contributed by atoms with E-state index in [0.717, 1.165) is 29.8 Å². The number of hydrogen-bond donors (Lipinski definition) is 1. The van der Waals surface area contributed by atoms with Crippen molar-refractivity contribution in [2.75, 3.05) is 12.3 Å². The maximum atomic E-state index is 12.9. The Morgan fingerprint density at radius 2 is 2.19 bits per heavy atom. The lowest BCUT2D eigenvalue weighted by molar-refractivity contribution is 0.240. The second-order valence-corrected chi connectivity index (χ2v) is 7.16. The molecule has 0 atom stereocenters. The molecule has 3 aromatic rings. The van der Waals surface area contributed by atoms with Crippen LogP contribution in [0.2, 0.25) is 0 Å². The normalized spacial score (nSPS) is 14.7. The van der Waals surface area contributed by atoms with Gasteiger partial charge in [-0.2, -0.15) is 0 Å². The number of fused-ring (bicyclic) bond motifs is 2. The summed E-state index contributed by atoms with van der Waals surface area (Å²) >= 11 is 0. The minimum atomic E-state index is 0.0492. The Balaban J connectivity index is 1.62. The lowest BCUT2D eigenvalue weighted by Gasteiger charge is -2.27. The van der Waals surface area contributed by atoms with Crippen LogP contribution in [0.5, 0.6) is 0 Å². The number of hydrogen-bond acceptors (Lipinski definition) is 6. The van der Waals surface area contributed by atoms with Crippen molar-refractivity contribution in [3.8, 4) is 0 Å². The molecule has 2 aromatic heterocycles. The van der Waals surface area contributed by atoms with Crippen LogP contribution >= 0.6 is 0 Å². The molecule has 1 aliphatic rings. The highest BCUT2D eigenvalue weighted by molar-refractivity contribution is 5.77. The molecule has 0 unspecified atom stereocenters. The number of benzene rings is 1. The second kappa shape index (κ2) is 6.53. The van der Waals surface area contributed by atoms with Crippen molar-refractivity contribution in [3.63, 3.8) is 0 Å². The van der Waals surface area contributed by atoms with Crippen LogP contribution in [0.1, 0.15) is 42.1 Å². The number of anilines is 1. The maximum Gasteiger partial charge on any atom is 0.220 e. The smallest absolute Gasteiger partial charge is 0.220 e. The van der Waals surface area contributed by atoms with Gasteiger partial charge in [-0.25, -0.2) is 9.97 Å². The van der Waals surface area contributed by atoms with E-state index in [0.29, 0.717) is 41.5 Å². The van der Waals surface area contributed by atoms with Crippen molar-refractivity contribution >= 4 is 16.9 Å². The molecular formula is C20H22N4O2. The predicted molar refractivity (Wildman–Crippen MR) is 101 cm³/mol. The molecule has 4 rings (SSSR count). The van der Waals surface area contributed by atoms with E-state index in [1.807, 2.05) is 18.2 Å². The SMILES string of the molecule is CC(C)c1ccc2occ(CN3CCc4nc(N)ncc4C3)c(=O)c2c1. The molecule has 1 aliphatic heterocycles. The van der Waals surface area contributed by atoms with Gasteiger partial charge in [-0.3, -0.25) is 9.69 Å². The predicted octanol–water partition coefficient (Wildman–Crippen LogP) is 2.85. The molecule has 26 heavy (non-hydrogen) atoms. The van der Waals surface area contributed by atoms with E-state index in [-0.39, 0.29) is 5.43 Å². The maximum absolute atomic E-state index is 12.9. The lowest BCUT2D eigenvalue weighted by Crippen LogP contribution is -2.32. The largest absolute Gasteiger partial charge is 0.464 e. The zero-order chi connectivity index (χ0) is 18.3. The van der Waals surface area contributed by atoms with Crippen molar-refractivity contribution < 1.29 is 4.42 Å². The van der Waals surface area contributed by atoms with Crippen molar-refractivity contribution in [1.82, 2.24) is 14.9 Å². The first-order valence-electron chi connectivity index (χ1n) is 8.88. The summed E-state index contributed by atoms with van der Waals surface area (Å²) in [6, 6.07) is 5.86. The summed E-state index contributed by atoms with van der Waals surface area (Å²) in [6.07, 6.45) is 4.18. The van der Waals surface area contributed by atoms with Crippen LogP contribution in [0.25, 0.3) is 11.0 Å². The summed E-state index contributed by atoms with van der Waals surface area (Å²) in [5.74, 6) is 0.682. The fourth-order valence-corrected chi connectivity index (χ4v) is 3.42. The molecule has 6 heteroatoms. The van der Waals surface area contributed by atoms with Gasteiger partial charge in [0.2, 0.25) is 5.95 Å². The van der Waals surface area contributed by atoms with Gasteiger partial charge in [-0.15, -0.1) is 0 Å². The number of rotatable bonds is 3. The highest BCUT2D eigenvalue weighted by Crippen LogP contribution is 2.22. The molecule has 134 valence electrons. The number of aromatic nitrogens is 2. The van der Waals surface area contributed by atoms with Gasteiger partial charge >= 0.3 is 0 Å². The molecule has 0 aliphatic carbocycles. The summed E-state index contributed by atoms with van der Waals surface area (Å²) < 4.78 is 5.72. The van der Waals surface area contributed by atoms with Gasteiger partial charge in [0.25, 0.3) is 0 Å². The van der Waals surface area contributed by atoms with E-state index in [9.17, 15) is 4.79 Å². The van der Waals surface area contributed by atoms with Crippen molar-refractivity contribution in [1.29, 1.82) is 0 Å². The minimum Gasteiger partial charge on any atom is -0.464 e. The molecule has 0 bridgehead atoms. The molecule has 0 radical (unpaired) electrons. The van der Waals surface area contributed by atoms with Gasteiger partial charge in [-0.05, 0) is 23.6 Å². The van der Waals surface area contributed by atoms with E-state index < -0.39 is 0 Å². The molecule has 2 N–H and O–H groups in total. The Labute approximate surface area is 151 Å². The van der Waals surface area contributed by atoms with Crippen molar-refractivity contribution in [2.45, 2.75) is 39.3 Å². The van der Waals surface area contributed by atoms with Gasteiger partial charge < -0.3 is 10.2 Å². The van der Waals surface area contributed by atoms with Gasteiger partial charge in [0.05, 0.1) is 17.3 Å².